The average Bonchev–Trinajstić information content (AvgIpc) is 3.21. The van der Waals surface area contributed by atoms with E-state index in [1.807, 2.05) is 97.1 Å². The van der Waals surface area contributed by atoms with Crippen LogP contribution < -0.4 is 20.1 Å². The van der Waals surface area contributed by atoms with Crippen LogP contribution in [0.3, 0.4) is 0 Å². The van der Waals surface area contributed by atoms with Crippen LogP contribution in [0.2, 0.25) is 0 Å². The summed E-state index contributed by atoms with van der Waals surface area (Å²) in [5.41, 5.74) is 2.11. The Morgan fingerprint density at radius 3 is 1.89 bits per heavy atom. The van der Waals surface area contributed by atoms with Crippen molar-refractivity contribution in [2.45, 2.75) is 12.3 Å². The van der Waals surface area contributed by atoms with Gasteiger partial charge in [-0.05, 0) is 29.3 Å². The number of methoxy groups -OCH3 is 2. The highest BCUT2D eigenvalue weighted by Gasteiger charge is 2.50. The zero-order chi connectivity index (χ0) is 24.4. The minimum Gasteiger partial charge on any atom is -0.497 e. The van der Waals surface area contributed by atoms with Crippen molar-refractivity contribution in [3.63, 3.8) is 0 Å². The van der Waals surface area contributed by atoms with Crippen molar-refractivity contribution in [3.8, 4) is 11.5 Å². The fourth-order valence-corrected chi connectivity index (χ4v) is 8.07. The second kappa shape index (κ2) is 9.44. The molecule has 0 aliphatic carbocycles. The van der Waals surface area contributed by atoms with Gasteiger partial charge in [-0.3, -0.25) is 4.79 Å². The van der Waals surface area contributed by atoms with Gasteiger partial charge in [0.2, 0.25) is 0 Å². The zero-order valence-electron chi connectivity index (χ0n) is 19.6. The summed E-state index contributed by atoms with van der Waals surface area (Å²) < 4.78 is 26.2. The van der Waals surface area contributed by atoms with Gasteiger partial charge in [-0.25, -0.2) is 0 Å². The van der Waals surface area contributed by atoms with E-state index < -0.39 is 12.9 Å². The predicted octanol–water partition coefficient (Wildman–Crippen LogP) is 5.37. The Kier molecular flexibility index (Phi) is 6.19. The highest BCUT2D eigenvalue weighted by atomic mass is 31.2. The van der Waals surface area contributed by atoms with Crippen LogP contribution in [0.1, 0.15) is 27.3 Å². The van der Waals surface area contributed by atoms with E-state index in [9.17, 15) is 4.79 Å². The molecule has 176 valence electrons. The fraction of sp³-hybridized carbons (Fsp3) is 0.138. The summed E-state index contributed by atoms with van der Waals surface area (Å²) in [7, 11) is -0.183. The molecule has 1 amide bonds. The van der Waals surface area contributed by atoms with E-state index in [-0.39, 0.29) is 5.91 Å². The Hall–Kier alpha value is -3.82. The number of carbonyl (C=O) groups excluding carboxylic acids is 1. The van der Waals surface area contributed by atoms with Crippen molar-refractivity contribution in [2.75, 3.05) is 14.2 Å². The number of amides is 1. The highest BCUT2D eigenvalue weighted by molar-refractivity contribution is 7.79. The normalized spacial score (nSPS) is 15.1. The van der Waals surface area contributed by atoms with E-state index >= 15 is 4.57 Å². The number of rotatable bonds is 7. The summed E-state index contributed by atoms with van der Waals surface area (Å²) in [6.07, 6.45) is 0. The lowest BCUT2D eigenvalue weighted by Gasteiger charge is -2.33. The summed E-state index contributed by atoms with van der Waals surface area (Å²) in [5.74, 6) is 0.363. The molecule has 0 saturated heterocycles. The Morgan fingerprint density at radius 2 is 1.34 bits per heavy atom. The zero-order valence-corrected chi connectivity index (χ0v) is 20.5. The standard InChI is InChI=1S/C29H26NO4P/c1-33-22-18-16-21(17-19-22)20-30-28(31)27-25(14-9-15-26(27)34-2)29(30)35(32,23-10-5-3-6-11-23)24-12-7-4-8-13-24/h3-19,29H,20H2,1-2H3. The van der Waals surface area contributed by atoms with Crippen LogP contribution in [-0.2, 0) is 11.1 Å². The molecule has 0 bridgehead atoms. The van der Waals surface area contributed by atoms with Gasteiger partial charge < -0.3 is 18.9 Å². The lowest BCUT2D eigenvalue weighted by molar-refractivity contribution is 0.0754. The third-order valence-electron chi connectivity index (χ3n) is 6.46. The lowest BCUT2D eigenvalue weighted by atomic mass is 10.1. The van der Waals surface area contributed by atoms with Crippen LogP contribution in [0.15, 0.2) is 103 Å². The molecule has 4 aromatic carbocycles. The maximum Gasteiger partial charge on any atom is 0.259 e. The Bertz CT molecular complexity index is 1340. The van der Waals surface area contributed by atoms with Gasteiger partial charge in [-0.15, -0.1) is 0 Å². The maximum absolute atomic E-state index is 15.4. The van der Waals surface area contributed by atoms with Crippen molar-refractivity contribution in [2.24, 2.45) is 0 Å². The van der Waals surface area contributed by atoms with Gasteiger partial charge >= 0.3 is 0 Å². The first-order chi connectivity index (χ1) is 17.1. The molecule has 6 heteroatoms. The number of hydrogen-bond acceptors (Lipinski definition) is 4. The van der Waals surface area contributed by atoms with Crippen LogP contribution in [0.4, 0.5) is 0 Å². The molecule has 4 aromatic rings. The topological polar surface area (TPSA) is 55.8 Å². The number of benzene rings is 4. The number of carbonyl (C=O) groups is 1. The Balaban J connectivity index is 1.73. The molecule has 0 fully saturated rings. The molecule has 1 aliphatic heterocycles. The van der Waals surface area contributed by atoms with Gasteiger partial charge in [0.15, 0.2) is 7.14 Å². The second-order valence-corrected chi connectivity index (χ2v) is 11.2. The first-order valence-electron chi connectivity index (χ1n) is 11.4. The molecule has 5 nitrogen and oxygen atoms in total. The predicted molar refractivity (Wildman–Crippen MR) is 138 cm³/mol. The summed E-state index contributed by atoms with van der Waals surface area (Å²) >= 11 is 0. The summed E-state index contributed by atoms with van der Waals surface area (Å²) in [4.78, 5) is 15.7. The number of hydrogen-bond donors (Lipinski definition) is 0. The SMILES string of the molecule is COc1ccc(CN2C(=O)c3c(OC)cccc3C2P(=O)(c2ccccc2)c2ccccc2)cc1. The van der Waals surface area contributed by atoms with Crippen molar-refractivity contribution >= 4 is 23.7 Å². The van der Waals surface area contributed by atoms with E-state index in [1.54, 1.807) is 25.2 Å². The maximum atomic E-state index is 15.4. The molecule has 1 heterocycles. The Labute approximate surface area is 205 Å². The van der Waals surface area contributed by atoms with Crippen LogP contribution in [0.5, 0.6) is 11.5 Å². The number of nitrogens with zero attached hydrogens (tertiary/aromatic N) is 1. The molecule has 0 radical (unpaired) electrons. The van der Waals surface area contributed by atoms with Crippen molar-refractivity contribution in [1.82, 2.24) is 4.90 Å². The van der Waals surface area contributed by atoms with Crippen molar-refractivity contribution in [1.29, 1.82) is 0 Å². The van der Waals surface area contributed by atoms with Gasteiger partial charge in [-0.1, -0.05) is 84.9 Å². The van der Waals surface area contributed by atoms with Crippen LogP contribution in [-0.4, -0.2) is 25.0 Å². The molecule has 0 spiro atoms. The molecule has 1 atom stereocenters. The summed E-state index contributed by atoms with van der Waals surface area (Å²) in [6, 6.07) is 32.1. The van der Waals surface area contributed by atoms with E-state index in [4.69, 9.17) is 9.47 Å². The molecule has 0 saturated carbocycles. The smallest absolute Gasteiger partial charge is 0.259 e. The van der Waals surface area contributed by atoms with Crippen LogP contribution >= 0.6 is 7.14 Å². The molecular weight excluding hydrogens is 457 g/mol. The first kappa shape index (κ1) is 22.9. The molecule has 0 aromatic heterocycles. The first-order valence-corrected chi connectivity index (χ1v) is 13.2. The lowest BCUT2D eigenvalue weighted by Crippen LogP contribution is -2.33. The quantitative estimate of drug-likeness (QED) is 0.332. The molecular formula is C29H26NO4P. The van der Waals surface area contributed by atoms with Crippen molar-refractivity contribution < 1.29 is 18.8 Å². The Morgan fingerprint density at radius 1 is 0.743 bits per heavy atom. The van der Waals surface area contributed by atoms with Gasteiger partial charge in [0.25, 0.3) is 5.91 Å². The molecule has 1 aliphatic rings. The van der Waals surface area contributed by atoms with Crippen molar-refractivity contribution in [3.05, 3.63) is 120 Å². The van der Waals surface area contributed by atoms with Gasteiger partial charge in [0.1, 0.15) is 17.3 Å². The van der Waals surface area contributed by atoms with Gasteiger partial charge in [0, 0.05) is 17.2 Å². The summed E-state index contributed by atoms with van der Waals surface area (Å²) in [5, 5.41) is 1.42. The molecule has 0 N–H and O–H groups in total. The summed E-state index contributed by atoms with van der Waals surface area (Å²) in [6.45, 7) is 0.301. The van der Waals surface area contributed by atoms with Crippen LogP contribution in [0, 0.1) is 0 Å². The van der Waals surface area contributed by atoms with Crippen LogP contribution in [0.25, 0.3) is 0 Å². The third kappa shape index (κ3) is 3.92. The minimum absolute atomic E-state index is 0.189. The number of fused-ring (bicyclic) bond motifs is 1. The highest BCUT2D eigenvalue weighted by Crippen LogP contribution is 2.62. The minimum atomic E-state index is -3.36. The van der Waals surface area contributed by atoms with E-state index in [2.05, 4.69) is 0 Å². The monoisotopic (exact) mass is 483 g/mol. The van der Waals surface area contributed by atoms with E-state index in [1.165, 1.54) is 0 Å². The average molecular weight is 484 g/mol. The van der Waals surface area contributed by atoms with Gasteiger partial charge in [0.05, 0.1) is 19.8 Å². The second-order valence-electron chi connectivity index (χ2n) is 8.41. The molecule has 1 unspecified atom stereocenters. The molecule has 5 rings (SSSR count). The third-order valence-corrected chi connectivity index (χ3v) is 9.84. The fourth-order valence-electron chi connectivity index (χ4n) is 4.79. The van der Waals surface area contributed by atoms with E-state index in [0.717, 1.165) is 16.9 Å². The number of ether oxygens (including phenoxy) is 2. The largest absolute Gasteiger partial charge is 0.497 e. The van der Waals surface area contributed by atoms with E-state index in [0.29, 0.717) is 28.5 Å². The molecule has 35 heavy (non-hydrogen) atoms. The van der Waals surface area contributed by atoms with Gasteiger partial charge in [-0.2, -0.15) is 0 Å².